The van der Waals surface area contributed by atoms with Crippen LogP contribution in [0, 0.1) is 0 Å². The molecular weight excluding hydrogens is 286 g/mol. The highest BCUT2D eigenvalue weighted by atomic mass is 32.1. The molecule has 0 amide bonds. The second kappa shape index (κ2) is 6.65. The Morgan fingerprint density at radius 2 is 2.38 bits per heavy atom. The van der Waals surface area contributed by atoms with Crippen molar-refractivity contribution in [2.24, 2.45) is 5.84 Å². The average molecular weight is 307 g/mol. The molecule has 3 heterocycles. The van der Waals surface area contributed by atoms with E-state index in [0.717, 1.165) is 42.0 Å². The van der Waals surface area contributed by atoms with Crippen LogP contribution in [0.1, 0.15) is 31.5 Å². The van der Waals surface area contributed by atoms with Gasteiger partial charge in [0.25, 0.3) is 0 Å². The first kappa shape index (κ1) is 14.6. The van der Waals surface area contributed by atoms with E-state index in [-0.39, 0.29) is 6.61 Å². The Bertz CT molecular complexity index is 602. The van der Waals surface area contributed by atoms with Crippen LogP contribution in [-0.4, -0.2) is 39.2 Å². The van der Waals surface area contributed by atoms with Crippen LogP contribution in [0.2, 0.25) is 0 Å². The van der Waals surface area contributed by atoms with Crippen molar-refractivity contribution >= 4 is 27.4 Å². The van der Waals surface area contributed by atoms with E-state index in [2.05, 4.69) is 20.3 Å². The molecule has 0 aliphatic carbocycles. The van der Waals surface area contributed by atoms with Crippen LogP contribution in [0.4, 0.5) is 5.82 Å². The fourth-order valence-corrected chi connectivity index (χ4v) is 3.80. The Hall–Kier alpha value is -1.28. The molecule has 0 bridgehead atoms. The van der Waals surface area contributed by atoms with Crippen LogP contribution < -0.4 is 11.3 Å². The molecule has 2 aromatic heterocycles. The van der Waals surface area contributed by atoms with Gasteiger partial charge in [0.05, 0.1) is 11.9 Å². The van der Waals surface area contributed by atoms with Crippen LogP contribution >= 0.6 is 11.3 Å². The monoisotopic (exact) mass is 307 g/mol. The van der Waals surface area contributed by atoms with Gasteiger partial charge in [-0.25, -0.2) is 15.8 Å². The number of nitrogen functional groups attached to an aromatic ring is 1. The molecule has 0 radical (unpaired) electrons. The van der Waals surface area contributed by atoms with Crippen molar-refractivity contribution in [2.45, 2.75) is 38.3 Å². The first-order chi connectivity index (χ1) is 10.3. The maximum absolute atomic E-state index is 9.00. The summed E-state index contributed by atoms with van der Waals surface area (Å²) in [4.78, 5) is 12.6. The third-order valence-electron chi connectivity index (χ3n) is 4.05. The molecule has 4 N–H and O–H groups in total. The van der Waals surface area contributed by atoms with Gasteiger partial charge < -0.3 is 10.5 Å². The van der Waals surface area contributed by atoms with Crippen molar-refractivity contribution in [3.63, 3.8) is 0 Å². The van der Waals surface area contributed by atoms with Gasteiger partial charge in [-0.05, 0) is 43.7 Å². The Kier molecular flexibility index (Phi) is 4.64. The van der Waals surface area contributed by atoms with Gasteiger partial charge in [0.1, 0.15) is 10.7 Å². The SMILES string of the molecule is NNc1nc(CN2CCCC2CCCO)nc2sccc12. The number of nitrogens with one attached hydrogen (secondary N) is 1. The van der Waals surface area contributed by atoms with E-state index < -0.39 is 0 Å². The number of aliphatic hydroxyl groups excluding tert-OH is 1. The third kappa shape index (κ3) is 3.16. The minimum atomic E-state index is 0.267. The zero-order valence-electron chi connectivity index (χ0n) is 12.0. The highest BCUT2D eigenvalue weighted by Gasteiger charge is 2.25. The van der Waals surface area contributed by atoms with E-state index in [0.29, 0.717) is 11.9 Å². The first-order valence-electron chi connectivity index (χ1n) is 7.37. The minimum absolute atomic E-state index is 0.267. The molecule has 3 rings (SSSR count). The lowest BCUT2D eigenvalue weighted by Gasteiger charge is -2.23. The average Bonchev–Trinajstić information content (AvgIpc) is 3.13. The van der Waals surface area contributed by atoms with Crippen LogP contribution in [0.3, 0.4) is 0 Å². The molecule has 21 heavy (non-hydrogen) atoms. The van der Waals surface area contributed by atoms with Crippen LogP contribution in [0.15, 0.2) is 11.4 Å². The van der Waals surface area contributed by atoms with E-state index in [4.69, 9.17) is 10.9 Å². The summed E-state index contributed by atoms with van der Waals surface area (Å²) < 4.78 is 0. The van der Waals surface area contributed by atoms with E-state index in [1.54, 1.807) is 11.3 Å². The topological polar surface area (TPSA) is 87.3 Å². The van der Waals surface area contributed by atoms with Crippen LogP contribution in [-0.2, 0) is 6.54 Å². The Morgan fingerprint density at radius 1 is 1.48 bits per heavy atom. The summed E-state index contributed by atoms with van der Waals surface area (Å²) in [5.74, 6) is 7.08. The highest BCUT2D eigenvalue weighted by Crippen LogP contribution is 2.27. The summed E-state index contributed by atoms with van der Waals surface area (Å²) in [6, 6.07) is 2.52. The molecule has 7 heteroatoms. The molecule has 2 aromatic rings. The van der Waals surface area contributed by atoms with Gasteiger partial charge in [0, 0.05) is 12.6 Å². The number of aliphatic hydroxyl groups is 1. The summed E-state index contributed by atoms with van der Waals surface area (Å²) in [5, 5.41) is 12.0. The second-order valence-electron chi connectivity index (χ2n) is 5.40. The van der Waals surface area contributed by atoms with E-state index in [1.165, 1.54) is 12.8 Å². The fourth-order valence-electron chi connectivity index (χ4n) is 3.02. The Balaban J connectivity index is 1.77. The largest absolute Gasteiger partial charge is 0.396 e. The lowest BCUT2D eigenvalue weighted by atomic mass is 10.1. The normalized spacial score (nSPS) is 19.4. The molecule has 1 atom stereocenters. The molecule has 1 saturated heterocycles. The number of nitrogens with two attached hydrogens (primary N) is 1. The van der Waals surface area contributed by atoms with Gasteiger partial charge in [-0.2, -0.15) is 0 Å². The van der Waals surface area contributed by atoms with Crippen molar-refractivity contribution in [2.75, 3.05) is 18.6 Å². The van der Waals surface area contributed by atoms with Gasteiger partial charge in [-0.15, -0.1) is 11.3 Å². The van der Waals surface area contributed by atoms with Gasteiger partial charge in [0.15, 0.2) is 5.82 Å². The number of hydrazine groups is 1. The number of hydrogen-bond donors (Lipinski definition) is 3. The molecule has 1 unspecified atom stereocenters. The summed E-state index contributed by atoms with van der Waals surface area (Å²) in [7, 11) is 0. The molecule has 0 saturated carbocycles. The van der Waals surface area contributed by atoms with Crippen molar-refractivity contribution in [1.82, 2.24) is 14.9 Å². The van der Waals surface area contributed by atoms with Crippen LogP contribution in [0.5, 0.6) is 0 Å². The summed E-state index contributed by atoms with van der Waals surface area (Å²) >= 11 is 1.61. The molecule has 0 spiro atoms. The lowest BCUT2D eigenvalue weighted by molar-refractivity contribution is 0.206. The number of fused-ring (bicyclic) bond motifs is 1. The molecule has 6 nitrogen and oxygen atoms in total. The van der Waals surface area contributed by atoms with Gasteiger partial charge in [-0.1, -0.05) is 0 Å². The number of likely N-dealkylation sites (tertiary alicyclic amines) is 1. The first-order valence-corrected chi connectivity index (χ1v) is 8.25. The highest BCUT2D eigenvalue weighted by molar-refractivity contribution is 7.16. The van der Waals surface area contributed by atoms with Crippen molar-refractivity contribution in [3.8, 4) is 0 Å². The summed E-state index contributed by atoms with van der Waals surface area (Å²) in [6.07, 6.45) is 4.31. The molecule has 114 valence electrons. The predicted octanol–water partition coefficient (Wildman–Crippen LogP) is 1.71. The molecule has 1 aliphatic heterocycles. The Morgan fingerprint density at radius 3 is 3.19 bits per heavy atom. The van der Waals surface area contributed by atoms with Crippen molar-refractivity contribution in [1.29, 1.82) is 0 Å². The standard InChI is InChI=1S/C14H21N5OS/c15-18-13-11-5-8-21-14(11)17-12(16-13)9-19-6-1-3-10(19)4-2-7-20/h5,8,10,20H,1-4,6-7,9,15H2,(H,16,17,18). The number of thiophene rings is 1. The number of hydrogen-bond acceptors (Lipinski definition) is 7. The van der Waals surface area contributed by atoms with E-state index in [1.807, 2.05) is 11.4 Å². The molecule has 0 aromatic carbocycles. The zero-order chi connectivity index (χ0) is 14.7. The summed E-state index contributed by atoms with van der Waals surface area (Å²) in [6.45, 7) is 2.09. The number of anilines is 1. The Labute approximate surface area is 128 Å². The summed E-state index contributed by atoms with van der Waals surface area (Å²) in [5.41, 5.74) is 2.67. The van der Waals surface area contributed by atoms with E-state index in [9.17, 15) is 0 Å². The van der Waals surface area contributed by atoms with Gasteiger partial charge >= 0.3 is 0 Å². The lowest BCUT2D eigenvalue weighted by Crippen LogP contribution is -2.30. The van der Waals surface area contributed by atoms with Crippen molar-refractivity contribution < 1.29 is 5.11 Å². The molecular formula is C14H21N5OS. The smallest absolute Gasteiger partial charge is 0.152 e. The van der Waals surface area contributed by atoms with Crippen molar-refractivity contribution in [3.05, 3.63) is 17.3 Å². The molecule has 1 fully saturated rings. The zero-order valence-corrected chi connectivity index (χ0v) is 12.8. The maximum atomic E-state index is 9.00. The number of rotatable bonds is 6. The second-order valence-corrected chi connectivity index (χ2v) is 6.30. The van der Waals surface area contributed by atoms with Crippen LogP contribution in [0.25, 0.3) is 10.2 Å². The number of aromatic nitrogens is 2. The van der Waals surface area contributed by atoms with Gasteiger partial charge in [-0.3, -0.25) is 4.90 Å². The quantitative estimate of drug-likeness (QED) is 0.556. The minimum Gasteiger partial charge on any atom is -0.396 e. The predicted molar refractivity (Wildman–Crippen MR) is 85.0 cm³/mol. The third-order valence-corrected chi connectivity index (χ3v) is 4.85. The number of nitrogens with zero attached hydrogens (tertiary/aromatic N) is 3. The fraction of sp³-hybridized carbons (Fsp3) is 0.571. The maximum Gasteiger partial charge on any atom is 0.152 e. The molecule has 1 aliphatic rings. The van der Waals surface area contributed by atoms with Gasteiger partial charge in [0.2, 0.25) is 0 Å². The van der Waals surface area contributed by atoms with E-state index >= 15 is 0 Å².